The van der Waals surface area contributed by atoms with Crippen molar-refractivity contribution < 1.29 is 14.7 Å². The van der Waals surface area contributed by atoms with Gasteiger partial charge in [-0.05, 0) is 68.9 Å². The Bertz CT molecular complexity index is 1240. The van der Waals surface area contributed by atoms with Gasteiger partial charge in [0.15, 0.2) is 0 Å². The van der Waals surface area contributed by atoms with Crippen LogP contribution in [0.3, 0.4) is 0 Å². The summed E-state index contributed by atoms with van der Waals surface area (Å²) in [6.07, 6.45) is 6.59. The molecule has 1 unspecified atom stereocenters. The van der Waals surface area contributed by atoms with Crippen molar-refractivity contribution in [1.29, 1.82) is 5.26 Å². The van der Waals surface area contributed by atoms with Gasteiger partial charge in [0, 0.05) is 18.2 Å². The Hall–Kier alpha value is -3.09. The average molecular weight is 491 g/mol. The Morgan fingerprint density at radius 2 is 1.97 bits per heavy atom. The van der Waals surface area contributed by atoms with Gasteiger partial charge in [-0.15, -0.1) is 10.2 Å². The van der Waals surface area contributed by atoms with E-state index in [0.29, 0.717) is 17.9 Å². The van der Waals surface area contributed by atoms with Crippen molar-refractivity contribution in [2.24, 2.45) is 0 Å². The molecule has 0 bridgehead atoms. The minimum absolute atomic E-state index is 0.00944. The molecular formula is C27H30N4O3S. The van der Waals surface area contributed by atoms with Crippen LogP contribution < -0.4 is 10.2 Å². The molecule has 1 atom stereocenters. The fourth-order valence-corrected chi connectivity index (χ4v) is 5.01. The number of allylic oxidation sites excluding steroid dienone is 1. The van der Waals surface area contributed by atoms with Crippen molar-refractivity contribution in [3.63, 3.8) is 0 Å². The first-order chi connectivity index (χ1) is 17.1. The number of fused-ring (bicyclic) bond motifs is 1. The molecule has 2 aromatic carbocycles. The quantitative estimate of drug-likeness (QED) is 0.249. The van der Waals surface area contributed by atoms with E-state index < -0.39 is 0 Å². The van der Waals surface area contributed by atoms with Crippen LogP contribution in [0.25, 0.3) is 21.1 Å². The molecule has 1 aromatic heterocycles. The number of rotatable bonds is 8. The van der Waals surface area contributed by atoms with E-state index in [2.05, 4.69) is 46.0 Å². The lowest BCUT2D eigenvalue weighted by atomic mass is 10.0. The van der Waals surface area contributed by atoms with Crippen molar-refractivity contribution in [3.8, 4) is 33.0 Å². The van der Waals surface area contributed by atoms with Crippen LogP contribution in [0.4, 0.5) is 0 Å². The average Bonchev–Trinajstić information content (AvgIpc) is 3.40. The minimum atomic E-state index is 0.00944. The van der Waals surface area contributed by atoms with Gasteiger partial charge in [-0.1, -0.05) is 41.2 Å². The lowest BCUT2D eigenvalue weighted by Crippen LogP contribution is -2.19. The Balaban J connectivity index is 0.00000141. The van der Waals surface area contributed by atoms with Gasteiger partial charge in [-0.2, -0.15) is 10.7 Å². The summed E-state index contributed by atoms with van der Waals surface area (Å²) >= 11 is 1.55. The van der Waals surface area contributed by atoms with Crippen LogP contribution in [0.5, 0.6) is 5.75 Å². The molecule has 1 heterocycles. The molecule has 3 aromatic rings. The van der Waals surface area contributed by atoms with E-state index in [1.165, 1.54) is 29.5 Å². The van der Waals surface area contributed by atoms with Crippen LogP contribution in [0, 0.1) is 11.3 Å². The first kappa shape index (κ1) is 25.0. The molecule has 0 spiro atoms. The Morgan fingerprint density at radius 3 is 2.71 bits per heavy atom. The second kappa shape index (κ2) is 11.6. The highest BCUT2D eigenvalue weighted by Gasteiger charge is 2.26. The summed E-state index contributed by atoms with van der Waals surface area (Å²) < 4.78 is 5.74. The predicted molar refractivity (Wildman–Crippen MR) is 137 cm³/mol. The highest BCUT2D eigenvalue weighted by Crippen LogP contribution is 2.40. The molecule has 5 rings (SSSR count). The number of ether oxygens (including phenoxy) is 1. The summed E-state index contributed by atoms with van der Waals surface area (Å²) in [6, 6.07) is 14.4. The van der Waals surface area contributed by atoms with Crippen molar-refractivity contribution in [1.82, 2.24) is 15.7 Å². The van der Waals surface area contributed by atoms with E-state index in [-0.39, 0.29) is 12.1 Å². The van der Waals surface area contributed by atoms with Crippen molar-refractivity contribution in [3.05, 3.63) is 64.7 Å². The van der Waals surface area contributed by atoms with Gasteiger partial charge in [0.2, 0.25) is 0 Å². The van der Waals surface area contributed by atoms with Crippen LogP contribution in [-0.2, 0) is 11.3 Å². The van der Waals surface area contributed by atoms with E-state index in [9.17, 15) is 5.26 Å². The number of aliphatic hydroxyl groups excluding tert-OH is 1. The summed E-state index contributed by atoms with van der Waals surface area (Å²) in [6.45, 7) is 4.51. The number of hydrogen-bond donors (Lipinski definition) is 2. The molecule has 182 valence electrons. The fourth-order valence-electron chi connectivity index (χ4n) is 4.12. The lowest BCUT2D eigenvalue weighted by Gasteiger charge is -2.13. The minimum Gasteiger partial charge on any atom is -0.490 e. The number of aromatic nitrogens is 2. The molecule has 2 aliphatic carbocycles. The third-order valence-electron chi connectivity index (χ3n) is 5.86. The second-order valence-electron chi connectivity index (χ2n) is 8.66. The molecule has 2 aliphatic rings. The number of hydroxylamine groups is 1. The Morgan fingerprint density at radius 1 is 1.17 bits per heavy atom. The number of aliphatic hydroxyl groups is 1. The Kier molecular flexibility index (Phi) is 8.26. The van der Waals surface area contributed by atoms with Gasteiger partial charge >= 0.3 is 0 Å². The normalized spacial score (nSPS) is 15.8. The van der Waals surface area contributed by atoms with Crippen molar-refractivity contribution in [2.45, 2.75) is 51.7 Å². The van der Waals surface area contributed by atoms with E-state index in [1.807, 2.05) is 32.0 Å². The molecule has 7 nitrogen and oxygen atoms in total. The van der Waals surface area contributed by atoms with Crippen LogP contribution in [0.2, 0.25) is 0 Å². The lowest BCUT2D eigenvalue weighted by molar-refractivity contribution is 0.0346. The summed E-state index contributed by atoms with van der Waals surface area (Å²) in [4.78, 5) is 5.70. The largest absolute Gasteiger partial charge is 0.490 e. The van der Waals surface area contributed by atoms with E-state index in [4.69, 9.17) is 14.7 Å². The summed E-state index contributed by atoms with van der Waals surface area (Å²) in [5.41, 5.74) is 9.81. The molecule has 0 amide bonds. The van der Waals surface area contributed by atoms with Crippen LogP contribution >= 0.6 is 11.3 Å². The molecular weight excluding hydrogens is 460 g/mol. The highest BCUT2D eigenvalue weighted by molar-refractivity contribution is 7.17. The Labute approximate surface area is 210 Å². The first-order valence-corrected chi connectivity index (χ1v) is 12.6. The topological polar surface area (TPSA) is 100 Å². The molecule has 1 saturated carbocycles. The summed E-state index contributed by atoms with van der Waals surface area (Å²) in [5, 5.41) is 27.1. The van der Waals surface area contributed by atoms with E-state index >= 15 is 0 Å². The third-order valence-corrected chi connectivity index (χ3v) is 6.86. The summed E-state index contributed by atoms with van der Waals surface area (Å²) in [5.74, 6) is 0.593. The molecule has 1 fully saturated rings. The van der Waals surface area contributed by atoms with Gasteiger partial charge in [0.25, 0.3) is 0 Å². The van der Waals surface area contributed by atoms with Crippen LogP contribution in [0.15, 0.2) is 48.0 Å². The fraction of sp³-hybridized carbons (Fsp3) is 0.370. The maximum absolute atomic E-state index is 9.54. The zero-order valence-electron chi connectivity index (χ0n) is 20.2. The van der Waals surface area contributed by atoms with Crippen LogP contribution in [0.1, 0.15) is 55.8 Å². The number of nitrogens with zero attached hydrogens (tertiary/aromatic N) is 3. The number of nitriles is 1. The molecule has 0 aliphatic heterocycles. The van der Waals surface area contributed by atoms with E-state index in [0.717, 1.165) is 41.1 Å². The summed E-state index contributed by atoms with van der Waals surface area (Å²) in [7, 11) is 1.00. The van der Waals surface area contributed by atoms with Crippen LogP contribution in [-0.4, -0.2) is 35.1 Å². The van der Waals surface area contributed by atoms with Crippen molar-refractivity contribution >= 4 is 11.3 Å². The monoisotopic (exact) mass is 490 g/mol. The van der Waals surface area contributed by atoms with E-state index in [1.54, 1.807) is 11.3 Å². The second-order valence-corrected chi connectivity index (χ2v) is 9.64. The molecule has 0 radical (unpaired) electrons. The SMILES string of the molecule is CC(C)Oc1ccc(-c2nnc(-c3cccc4c3CCC4NOCC=C3CC3)s2)cc1C#N.CO. The number of hydrogen-bond acceptors (Lipinski definition) is 8. The highest BCUT2D eigenvalue weighted by atomic mass is 32.1. The molecule has 35 heavy (non-hydrogen) atoms. The smallest absolute Gasteiger partial charge is 0.148 e. The molecule has 2 N–H and O–H groups in total. The number of nitrogens with one attached hydrogen (secondary N) is 1. The van der Waals surface area contributed by atoms with Gasteiger partial charge in [0.1, 0.15) is 21.8 Å². The number of benzene rings is 2. The third kappa shape index (κ3) is 5.95. The first-order valence-electron chi connectivity index (χ1n) is 11.8. The maximum Gasteiger partial charge on any atom is 0.148 e. The molecule has 8 heteroatoms. The van der Waals surface area contributed by atoms with Gasteiger partial charge in [-0.3, -0.25) is 4.84 Å². The molecule has 0 saturated heterocycles. The zero-order valence-corrected chi connectivity index (χ0v) is 21.1. The maximum atomic E-state index is 9.54. The van der Waals surface area contributed by atoms with Gasteiger partial charge in [-0.25, -0.2) is 0 Å². The van der Waals surface area contributed by atoms with Gasteiger partial charge < -0.3 is 9.84 Å². The van der Waals surface area contributed by atoms with Crippen molar-refractivity contribution in [2.75, 3.05) is 13.7 Å². The zero-order chi connectivity index (χ0) is 24.8. The van der Waals surface area contributed by atoms with Gasteiger partial charge in [0.05, 0.1) is 24.3 Å². The standard InChI is InChI=1S/C26H26N4O2S.CH4O/c1-16(2)32-24-11-8-18(14-19(24)15-27)25-28-29-26(33-25)22-5-3-4-21-20(22)9-10-23(21)30-31-13-12-17-6-7-17;1-2/h3-5,8,11-12,14,16,23,30H,6-7,9-10,13H2,1-2H3;2H,1H3. The predicted octanol–water partition coefficient (Wildman–Crippen LogP) is 5.37.